The maximum Gasteiger partial charge on any atom is 0.285 e. The Morgan fingerprint density at radius 1 is 1.12 bits per heavy atom. The van der Waals surface area contributed by atoms with Gasteiger partial charge in [0.1, 0.15) is 11.3 Å². The minimum Gasteiger partial charge on any atom is -0.490 e. The highest BCUT2D eigenvalue weighted by molar-refractivity contribution is 7.94. The number of amides is 1. The molecule has 1 fully saturated rings. The average Bonchev–Trinajstić information content (AvgIpc) is 3.48. The molecule has 3 aromatic rings. The molecular weight excluding hydrogens is 766 g/mol. The minimum atomic E-state index is -3.51. The molecule has 1 aromatic heterocycles. The molecule has 2 aliphatic heterocycles. The number of likely N-dealkylation sites (N-methyl/N-ethyl adjacent to an activating group) is 1. The Morgan fingerprint density at radius 3 is 2.67 bits per heavy atom. The first-order chi connectivity index (χ1) is 27.3. The SMILES string of the molecule is COc1nn(C)cc1C(=O)C[S@@]1(=O)=NC(=O)c2ccc3c(c2)N(C[C@@H]2CC[C@H]2[C@@H](OC)/C=C/[C@H](OCCN(C)C)[C@H](C)C1)C[C@@]1(CCCc2cc(Cl)ccc21)CO3. The molecule has 7 rings (SSSR count). The Balaban J connectivity index is 1.32. The number of benzene rings is 2. The van der Waals surface area contributed by atoms with E-state index in [9.17, 15) is 9.59 Å². The molecule has 4 aliphatic rings. The summed E-state index contributed by atoms with van der Waals surface area (Å²) >= 11 is 6.50. The summed E-state index contributed by atoms with van der Waals surface area (Å²) in [5.74, 6) is -0.643. The molecule has 0 unspecified atom stereocenters. The number of hydrogen-bond acceptors (Lipinski definition) is 10. The Kier molecular flexibility index (Phi) is 12.5. The molecule has 0 N–H and O–H groups in total. The zero-order valence-corrected chi connectivity index (χ0v) is 35.5. The van der Waals surface area contributed by atoms with Crippen LogP contribution >= 0.6 is 11.6 Å². The Labute approximate surface area is 342 Å². The van der Waals surface area contributed by atoms with Crippen LogP contribution in [0.25, 0.3) is 0 Å². The molecule has 12 nitrogen and oxygen atoms in total. The topological polar surface area (TPSA) is 125 Å². The maximum atomic E-state index is 15.1. The van der Waals surface area contributed by atoms with Crippen molar-refractivity contribution in [1.82, 2.24) is 14.7 Å². The number of halogens is 1. The summed E-state index contributed by atoms with van der Waals surface area (Å²) < 4.78 is 45.8. The molecule has 14 heteroatoms. The number of carbonyl (C=O) groups excluding carboxylic acids is 2. The minimum absolute atomic E-state index is 0.0557. The second-order valence-electron chi connectivity index (χ2n) is 16.6. The van der Waals surface area contributed by atoms with Gasteiger partial charge in [0.15, 0.2) is 5.78 Å². The number of carbonyl (C=O) groups is 2. The van der Waals surface area contributed by atoms with Crippen LogP contribution in [0.1, 0.15) is 64.4 Å². The number of rotatable bonds is 9. The fraction of sp³-hybridized carbons (Fsp3) is 0.558. The van der Waals surface area contributed by atoms with E-state index in [2.05, 4.69) is 32.6 Å². The van der Waals surface area contributed by atoms with Crippen LogP contribution in [0.15, 0.2) is 59.1 Å². The molecule has 1 saturated carbocycles. The van der Waals surface area contributed by atoms with Crippen molar-refractivity contribution in [3.8, 4) is 11.6 Å². The number of Topliss-reactive ketones (excluding diaryl/α,β-unsaturated/α-hetero) is 1. The molecule has 1 amide bonds. The number of aryl methyl sites for hydroxylation is 2. The summed E-state index contributed by atoms with van der Waals surface area (Å²) in [6.07, 6.45) is 10.0. The molecule has 2 aromatic carbocycles. The van der Waals surface area contributed by atoms with Crippen LogP contribution < -0.4 is 14.4 Å². The fourth-order valence-corrected chi connectivity index (χ4v) is 11.5. The number of methoxy groups -OCH3 is 2. The number of hydrogen-bond donors (Lipinski definition) is 0. The third-order valence-corrected chi connectivity index (χ3v) is 14.7. The molecular formula is C43H56ClN5O7S. The molecule has 3 heterocycles. The van der Waals surface area contributed by atoms with E-state index in [4.69, 9.17) is 30.5 Å². The van der Waals surface area contributed by atoms with Crippen molar-refractivity contribution in [2.45, 2.75) is 56.7 Å². The number of aromatic nitrogens is 2. The first-order valence-corrected chi connectivity index (χ1v) is 22.2. The number of nitrogens with zero attached hydrogens (tertiary/aromatic N) is 5. The molecule has 308 valence electrons. The lowest BCUT2D eigenvalue weighted by molar-refractivity contribution is 0.0104. The predicted octanol–water partition coefficient (Wildman–Crippen LogP) is 6.24. The summed E-state index contributed by atoms with van der Waals surface area (Å²) in [4.78, 5) is 32.7. The van der Waals surface area contributed by atoms with E-state index >= 15 is 4.21 Å². The quantitative estimate of drug-likeness (QED) is 0.181. The summed E-state index contributed by atoms with van der Waals surface area (Å²) in [7, 11) is 5.31. The Hall–Kier alpha value is -3.75. The Morgan fingerprint density at radius 2 is 1.93 bits per heavy atom. The van der Waals surface area contributed by atoms with Crippen LogP contribution in [0.4, 0.5) is 5.69 Å². The van der Waals surface area contributed by atoms with Crippen LogP contribution in [0.2, 0.25) is 5.02 Å². The molecule has 2 bridgehead atoms. The summed E-state index contributed by atoms with van der Waals surface area (Å²) in [5.41, 5.74) is 3.50. The summed E-state index contributed by atoms with van der Waals surface area (Å²) in [6.45, 7) is 4.97. The van der Waals surface area contributed by atoms with Gasteiger partial charge in [-0.1, -0.05) is 36.7 Å². The lowest BCUT2D eigenvalue weighted by Gasteiger charge is -2.46. The van der Waals surface area contributed by atoms with Gasteiger partial charge in [0.2, 0.25) is 5.88 Å². The largest absolute Gasteiger partial charge is 0.490 e. The van der Waals surface area contributed by atoms with Crippen LogP contribution in [0.5, 0.6) is 11.6 Å². The predicted molar refractivity (Wildman–Crippen MR) is 223 cm³/mol. The fourth-order valence-electron chi connectivity index (χ4n) is 9.11. The van der Waals surface area contributed by atoms with E-state index in [0.29, 0.717) is 38.0 Å². The van der Waals surface area contributed by atoms with E-state index in [1.54, 1.807) is 20.2 Å². The summed E-state index contributed by atoms with van der Waals surface area (Å²) in [6, 6.07) is 11.6. The molecule has 1 spiro atoms. The molecule has 0 saturated heterocycles. The van der Waals surface area contributed by atoms with Gasteiger partial charge in [0.25, 0.3) is 5.91 Å². The number of fused-ring (bicyclic) bond motifs is 4. The lowest BCUT2D eigenvalue weighted by Crippen LogP contribution is -2.49. The van der Waals surface area contributed by atoms with Gasteiger partial charge in [0.05, 0.1) is 53.7 Å². The number of ketones is 1. The average molecular weight is 822 g/mol. The zero-order chi connectivity index (χ0) is 40.5. The van der Waals surface area contributed by atoms with Crippen LogP contribution in [-0.2, 0) is 38.1 Å². The van der Waals surface area contributed by atoms with Crippen molar-refractivity contribution >= 4 is 38.7 Å². The van der Waals surface area contributed by atoms with Crippen molar-refractivity contribution in [3.63, 3.8) is 0 Å². The van der Waals surface area contributed by atoms with E-state index in [1.165, 1.54) is 29.1 Å². The molecule has 0 radical (unpaired) electrons. The van der Waals surface area contributed by atoms with Crippen LogP contribution in [0, 0.1) is 17.8 Å². The zero-order valence-electron chi connectivity index (χ0n) is 33.9. The van der Waals surface area contributed by atoms with Crippen LogP contribution in [0.3, 0.4) is 0 Å². The first kappa shape index (κ1) is 41.4. The highest BCUT2D eigenvalue weighted by Gasteiger charge is 2.44. The number of ether oxygens (including phenoxy) is 4. The van der Waals surface area contributed by atoms with Gasteiger partial charge >= 0.3 is 0 Å². The first-order valence-electron chi connectivity index (χ1n) is 20.0. The monoisotopic (exact) mass is 821 g/mol. The third kappa shape index (κ3) is 8.97. The summed E-state index contributed by atoms with van der Waals surface area (Å²) in [5, 5.41) is 4.95. The van der Waals surface area contributed by atoms with E-state index in [0.717, 1.165) is 49.4 Å². The number of anilines is 1. The lowest BCUT2D eigenvalue weighted by atomic mass is 9.68. The van der Waals surface area contributed by atoms with Gasteiger partial charge in [-0.2, -0.15) is 4.36 Å². The van der Waals surface area contributed by atoms with Gasteiger partial charge < -0.3 is 28.7 Å². The second kappa shape index (κ2) is 17.2. The highest BCUT2D eigenvalue weighted by atomic mass is 35.5. The second-order valence-corrected chi connectivity index (χ2v) is 19.4. The van der Waals surface area contributed by atoms with Crippen molar-refractivity contribution in [2.24, 2.45) is 29.2 Å². The van der Waals surface area contributed by atoms with Crippen molar-refractivity contribution in [1.29, 1.82) is 0 Å². The van der Waals surface area contributed by atoms with E-state index in [1.807, 2.05) is 50.2 Å². The normalized spacial score (nSPS) is 29.4. The van der Waals surface area contributed by atoms with Gasteiger partial charge in [-0.15, -0.1) is 5.10 Å². The smallest absolute Gasteiger partial charge is 0.285 e. The molecule has 57 heavy (non-hydrogen) atoms. The van der Waals surface area contributed by atoms with Crippen molar-refractivity contribution in [2.75, 3.05) is 77.6 Å². The standard InChI is InChI=1S/C43H56ClN5O7S/c1-28-24-57(52,25-37(50)34-23-48(4)45-42(34)54-6)46-41(51)30-10-14-40-36(21-30)49(26-43(27-56-40)17-7-8-29-20-32(44)11-13-35(29)43)22-31-9-12-33(31)39(53-5)16-15-38(28)55-19-18-47(2)3/h10-11,13-16,20-21,23,28,31,33,38-39H,7-9,12,17-19,22,24-27H2,1-6H3/b16-15+/t28-,31+,33-,38+,39+,43+,57-/m1/s1. The third-order valence-electron chi connectivity index (χ3n) is 12.2. The van der Waals surface area contributed by atoms with E-state index < -0.39 is 33.3 Å². The van der Waals surface area contributed by atoms with Crippen molar-refractivity contribution in [3.05, 3.63) is 82.0 Å². The highest BCUT2D eigenvalue weighted by Crippen LogP contribution is 2.47. The van der Waals surface area contributed by atoms with Gasteiger partial charge in [0, 0.05) is 61.7 Å². The van der Waals surface area contributed by atoms with Gasteiger partial charge in [-0.3, -0.25) is 14.3 Å². The molecule has 2 aliphatic carbocycles. The Bertz CT molecular complexity index is 2130. The van der Waals surface area contributed by atoms with Crippen LogP contribution in [-0.4, -0.2) is 115 Å². The van der Waals surface area contributed by atoms with E-state index in [-0.39, 0.29) is 46.1 Å². The maximum absolute atomic E-state index is 15.1. The van der Waals surface area contributed by atoms with Gasteiger partial charge in [-0.25, -0.2) is 4.21 Å². The molecule has 7 atom stereocenters. The van der Waals surface area contributed by atoms with Gasteiger partial charge in [-0.05, 0) is 105 Å². The van der Waals surface area contributed by atoms with Crippen molar-refractivity contribution < 1.29 is 32.7 Å².